The Morgan fingerprint density at radius 3 is 2.00 bits per heavy atom. The Kier molecular flexibility index (Phi) is 18.0. The standard InChI is InChI=1S/C24H42NO7P/c1-5-6-7-8-9-10-11-12-13-14-15-16-17-18-24(27)30-21-23(26)22-32-33(28,29)31-20-19-25(2,3)4/h6-7,9-10,12-13,15-16,23,26H,5,8,11,14,17-22H2,1-4H3/p+1/b7-6-,10-9-,13-12-,16-15-. The smallest absolute Gasteiger partial charge is 0.463 e. The fourth-order valence-corrected chi connectivity index (χ4v) is 3.00. The van der Waals surface area contributed by atoms with Crippen LogP contribution < -0.4 is 0 Å². The van der Waals surface area contributed by atoms with E-state index in [1.807, 2.05) is 33.3 Å². The Hall–Kier alpha value is -1.54. The van der Waals surface area contributed by atoms with Gasteiger partial charge in [-0.2, -0.15) is 0 Å². The van der Waals surface area contributed by atoms with E-state index in [4.69, 9.17) is 13.8 Å². The van der Waals surface area contributed by atoms with Crippen LogP contribution in [0.1, 0.15) is 45.4 Å². The molecule has 0 aromatic carbocycles. The summed E-state index contributed by atoms with van der Waals surface area (Å²) in [5, 5.41) is 9.78. The van der Waals surface area contributed by atoms with Crippen LogP contribution in [0, 0.1) is 0 Å². The Bertz CT molecular complexity index is 681. The van der Waals surface area contributed by atoms with Gasteiger partial charge in [0.05, 0.1) is 27.7 Å². The van der Waals surface area contributed by atoms with Crippen LogP contribution in [-0.2, 0) is 23.1 Å². The van der Waals surface area contributed by atoms with Gasteiger partial charge in [0, 0.05) is 6.42 Å². The number of phosphoric ester groups is 1. The normalized spacial score (nSPS) is 15.7. The zero-order valence-electron chi connectivity index (χ0n) is 20.6. The quantitative estimate of drug-likeness (QED) is 0.121. The number of nitrogens with zero attached hydrogens (tertiary/aromatic N) is 1. The third kappa shape index (κ3) is 23.4. The van der Waals surface area contributed by atoms with E-state index in [0.29, 0.717) is 17.4 Å². The number of hydrogen-bond donors (Lipinski definition) is 2. The number of aliphatic hydroxyl groups is 1. The summed E-state index contributed by atoms with van der Waals surface area (Å²) >= 11 is 0. The van der Waals surface area contributed by atoms with Gasteiger partial charge in [-0.25, -0.2) is 4.57 Å². The average molecular weight is 489 g/mol. The number of rotatable bonds is 19. The molecule has 9 heteroatoms. The van der Waals surface area contributed by atoms with Crippen LogP contribution in [-0.4, -0.2) is 74.1 Å². The molecule has 2 atom stereocenters. The van der Waals surface area contributed by atoms with Gasteiger partial charge in [0.1, 0.15) is 25.9 Å². The van der Waals surface area contributed by atoms with Gasteiger partial charge in [-0.3, -0.25) is 13.8 Å². The first-order valence-electron chi connectivity index (χ1n) is 11.4. The molecule has 2 N–H and O–H groups in total. The maximum Gasteiger partial charge on any atom is 0.472 e. The number of likely N-dealkylation sites (N-methyl/N-ethyl adjacent to an activating group) is 1. The van der Waals surface area contributed by atoms with Crippen LogP contribution in [0.25, 0.3) is 0 Å². The molecule has 0 aromatic rings. The molecule has 0 aromatic heterocycles. The molecule has 0 heterocycles. The van der Waals surface area contributed by atoms with Crippen molar-refractivity contribution in [3.63, 3.8) is 0 Å². The number of hydrogen-bond acceptors (Lipinski definition) is 6. The lowest BCUT2D eigenvalue weighted by atomic mass is 10.2. The zero-order chi connectivity index (χ0) is 25.0. The fourth-order valence-electron chi connectivity index (χ4n) is 2.26. The second-order valence-corrected chi connectivity index (χ2v) is 9.94. The number of esters is 1. The predicted molar refractivity (Wildman–Crippen MR) is 132 cm³/mol. The molecule has 0 bridgehead atoms. The lowest BCUT2D eigenvalue weighted by Gasteiger charge is -2.24. The van der Waals surface area contributed by atoms with Crippen molar-refractivity contribution in [2.45, 2.75) is 51.6 Å². The SMILES string of the molecule is CC/C=C\C/C=C\C/C=C\C/C=C\CCC(=O)OCC(O)COP(=O)(O)OCC[N+](C)(C)C. The largest absolute Gasteiger partial charge is 0.472 e. The second-order valence-electron chi connectivity index (χ2n) is 8.49. The highest BCUT2D eigenvalue weighted by atomic mass is 31.2. The second kappa shape index (κ2) is 18.8. The number of carbonyl (C=O) groups excluding carboxylic acids is 1. The van der Waals surface area contributed by atoms with E-state index < -0.39 is 26.5 Å². The van der Waals surface area contributed by atoms with Crippen molar-refractivity contribution in [2.24, 2.45) is 0 Å². The van der Waals surface area contributed by atoms with Crippen molar-refractivity contribution in [1.82, 2.24) is 0 Å². The molecule has 2 unspecified atom stereocenters. The summed E-state index contributed by atoms with van der Waals surface area (Å²) < 4.78 is 26.9. The summed E-state index contributed by atoms with van der Waals surface area (Å²) in [5.74, 6) is -0.456. The van der Waals surface area contributed by atoms with Gasteiger partial charge in [0.15, 0.2) is 0 Å². The Morgan fingerprint density at radius 1 is 0.909 bits per heavy atom. The van der Waals surface area contributed by atoms with Crippen molar-refractivity contribution in [2.75, 3.05) is 47.5 Å². The number of carbonyl (C=O) groups is 1. The Labute approximate surface area is 199 Å². The summed E-state index contributed by atoms with van der Waals surface area (Å²) in [6, 6.07) is 0. The molecule has 8 nitrogen and oxygen atoms in total. The molecule has 0 aliphatic carbocycles. The van der Waals surface area contributed by atoms with E-state index in [9.17, 15) is 19.4 Å². The van der Waals surface area contributed by atoms with Crippen LogP contribution >= 0.6 is 7.82 Å². The first-order valence-corrected chi connectivity index (χ1v) is 12.9. The van der Waals surface area contributed by atoms with Gasteiger partial charge in [-0.05, 0) is 32.1 Å². The number of aliphatic hydroxyl groups excluding tert-OH is 1. The highest BCUT2D eigenvalue weighted by molar-refractivity contribution is 7.47. The summed E-state index contributed by atoms with van der Waals surface area (Å²) in [4.78, 5) is 21.3. The van der Waals surface area contributed by atoms with Crippen LogP contribution in [0.15, 0.2) is 48.6 Å². The molecule has 190 valence electrons. The van der Waals surface area contributed by atoms with Crippen LogP contribution in [0.5, 0.6) is 0 Å². The third-order valence-electron chi connectivity index (χ3n) is 4.12. The summed E-state index contributed by atoms with van der Waals surface area (Å²) in [5.41, 5.74) is 0. The molecule has 0 saturated carbocycles. The summed E-state index contributed by atoms with van der Waals surface area (Å²) in [6.07, 6.45) is 19.9. The first kappa shape index (κ1) is 31.5. The number of phosphoric acid groups is 1. The van der Waals surface area contributed by atoms with Crippen LogP contribution in [0.4, 0.5) is 0 Å². The van der Waals surface area contributed by atoms with Crippen molar-refractivity contribution in [3.05, 3.63) is 48.6 Å². The topological polar surface area (TPSA) is 102 Å². The molecule has 33 heavy (non-hydrogen) atoms. The monoisotopic (exact) mass is 488 g/mol. The Morgan fingerprint density at radius 2 is 1.45 bits per heavy atom. The van der Waals surface area contributed by atoms with E-state index in [1.165, 1.54) is 0 Å². The van der Waals surface area contributed by atoms with Crippen molar-refractivity contribution in [1.29, 1.82) is 0 Å². The minimum absolute atomic E-state index is 0.0413. The van der Waals surface area contributed by atoms with E-state index in [2.05, 4.69) is 43.4 Å². The highest BCUT2D eigenvalue weighted by Gasteiger charge is 2.24. The molecule has 0 saturated heterocycles. The zero-order valence-corrected chi connectivity index (χ0v) is 21.5. The minimum Gasteiger partial charge on any atom is -0.463 e. The molecular weight excluding hydrogens is 445 g/mol. The lowest BCUT2D eigenvalue weighted by Crippen LogP contribution is -2.37. The van der Waals surface area contributed by atoms with Gasteiger partial charge in [-0.1, -0.05) is 55.5 Å². The van der Waals surface area contributed by atoms with Gasteiger partial charge < -0.3 is 19.2 Å². The van der Waals surface area contributed by atoms with Crippen molar-refractivity contribution < 1.29 is 37.6 Å². The van der Waals surface area contributed by atoms with Gasteiger partial charge in [-0.15, -0.1) is 0 Å². The maximum atomic E-state index is 11.8. The lowest BCUT2D eigenvalue weighted by molar-refractivity contribution is -0.870. The third-order valence-corrected chi connectivity index (χ3v) is 5.10. The molecular formula is C24H43NO7P+. The van der Waals surface area contributed by atoms with Gasteiger partial charge in [0.2, 0.25) is 0 Å². The van der Waals surface area contributed by atoms with E-state index in [1.54, 1.807) is 0 Å². The molecule has 0 aliphatic rings. The maximum absolute atomic E-state index is 11.8. The number of quaternary nitrogens is 1. The van der Waals surface area contributed by atoms with E-state index in [0.717, 1.165) is 25.7 Å². The number of allylic oxidation sites excluding steroid dienone is 8. The van der Waals surface area contributed by atoms with Crippen LogP contribution in [0.3, 0.4) is 0 Å². The molecule has 0 rings (SSSR count). The van der Waals surface area contributed by atoms with Crippen molar-refractivity contribution >= 4 is 13.8 Å². The summed E-state index contributed by atoms with van der Waals surface area (Å²) in [7, 11) is 1.51. The van der Waals surface area contributed by atoms with E-state index >= 15 is 0 Å². The molecule has 0 spiro atoms. The molecule has 0 aliphatic heterocycles. The van der Waals surface area contributed by atoms with Gasteiger partial charge >= 0.3 is 13.8 Å². The fraction of sp³-hybridized carbons (Fsp3) is 0.625. The Balaban J connectivity index is 3.84. The minimum atomic E-state index is -4.26. The predicted octanol–water partition coefficient (Wildman–Crippen LogP) is 4.32. The number of ether oxygens (including phenoxy) is 1. The highest BCUT2D eigenvalue weighted by Crippen LogP contribution is 2.43. The average Bonchev–Trinajstić information content (AvgIpc) is 2.73. The van der Waals surface area contributed by atoms with Crippen molar-refractivity contribution in [3.8, 4) is 0 Å². The molecule has 0 amide bonds. The van der Waals surface area contributed by atoms with Crippen LogP contribution in [0.2, 0.25) is 0 Å². The van der Waals surface area contributed by atoms with Gasteiger partial charge in [0.25, 0.3) is 0 Å². The molecule has 0 radical (unpaired) electrons. The summed E-state index contributed by atoms with van der Waals surface area (Å²) in [6.45, 7) is 1.90. The molecule has 0 fully saturated rings. The van der Waals surface area contributed by atoms with E-state index in [-0.39, 0.29) is 19.6 Å². The first-order chi connectivity index (χ1) is 15.6.